The molecule has 3 aromatic rings. The van der Waals surface area contributed by atoms with Crippen molar-refractivity contribution in [3.63, 3.8) is 0 Å². The number of hydrogen-bond acceptors (Lipinski definition) is 3. The minimum absolute atomic E-state index is 0.0579. The van der Waals surface area contributed by atoms with Crippen molar-refractivity contribution < 1.29 is 9.90 Å². The molecule has 5 rings (SSSR count). The number of hydrogen-bond donors (Lipinski definition) is 2. The minimum Gasteiger partial charge on any atom is -0.385 e. The summed E-state index contributed by atoms with van der Waals surface area (Å²) in [7, 11) is 0. The van der Waals surface area contributed by atoms with Crippen molar-refractivity contribution in [3.8, 4) is 0 Å². The summed E-state index contributed by atoms with van der Waals surface area (Å²) in [6, 6.07) is 20.2. The Balaban J connectivity index is 1.43. The van der Waals surface area contributed by atoms with Crippen molar-refractivity contribution in [1.82, 2.24) is 4.90 Å². The van der Waals surface area contributed by atoms with Crippen molar-refractivity contribution in [2.24, 2.45) is 0 Å². The second-order valence-electron chi connectivity index (χ2n) is 7.64. The number of aliphatic hydroxyl groups is 1. The first-order valence-electron chi connectivity index (χ1n) is 9.50. The number of carbonyl (C=O) groups excluding carboxylic acids is 1. The van der Waals surface area contributed by atoms with Crippen LogP contribution in [-0.4, -0.2) is 29.0 Å². The topological polar surface area (TPSA) is 52.6 Å². The third kappa shape index (κ3) is 2.73. The van der Waals surface area contributed by atoms with Gasteiger partial charge in [-0.25, -0.2) is 0 Å². The van der Waals surface area contributed by atoms with Crippen molar-refractivity contribution >= 4 is 22.4 Å². The van der Waals surface area contributed by atoms with E-state index in [1.165, 1.54) is 5.56 Å². The van der Waals surface area contributed by atoms with Crippen LogP contribution in [-0.2, 0) is 12.1 Å². The molecular weight excluding hydrogens is 336 g/mol. The largest absolute Gasteiger partial charge is 0.385 e. The molecular formula is C23H22N2O2. The lowest BCUT2D eigenvalue weighted by atomic mass is 9.81. The molecule has 0 aliphatic carbocycles. The lowest BCUT2D eigenvalue weighted by Gasteiger charge is -2.39. The molecule has 0 radical (unpaired) electrons. The molecule has 2 heterocycles. The highest BCUT2D eigenvalue weighted by Gasteiger charge is 2.36. The summed E-state index contributed by atoms with van der Waals surface area (Å²) >= 11 is 0. The Hall–Kier alpha value is -2.69. The fourth-order valence-corrected chi connectivity index (χ4v) is 4.49. The number of piperidine rings is 1. The number of anilines is 1. The van der Waals surface area contributed by atoms with Crippen molar-refractivity contribution in [1.29, 1.82) is 0 Å². The van der Waals surface area contributed by atoms with E-state index in [2.05, 4.69) is 34.5 Å². The Kier molecular flexibility index (Phi) is 3.78. The first-order valence-corrected chi connectivity index (χ1v) is 9.50. The molecule has 3 aromatic carbocycles. The zero-order chi connectivity index (χ0) is 18.4. The van der Waals surface area contributed by atoms with E-state index in [0.29, 0.717) is 18.4 Å². The maximum atomic E-state index is 12.1. The third-order valence-electron chi connectivity index (χ3n) is 5.97. The van der Waals surface area contributed by atoms with E-state index in [1.807, 2.05) is 36.4 Å². The molecule has 27 heavy (non-hydrogen) atoms. The smallest absolute Gasteiger partial charge is 0.256 e. The second kappa shape index (κ2) is 6.19. The van der Waals surface area contributed by atoms with E-state index in [1.54, 1.807) is 0 Å². The molecule has 0 bridgehead atoms. The number of nitrogens with one attached hydrogen (secondary N) is 1. The summed E-state index contributed by atoms with van der Waals surface area (Å²) < 4.78 is 0. The molecule has 1 saturated heterocycles. The summed E-state index contributed by atoms with van der Waals surface area (Å²) in [6.07, 6.45) is 1.39. The van der Waals surface area contributed by atoms with E-state index in [-0.39, 0.29) is 5.91 Å². The third-order valence-corrected chi connectivity index (χ3v) is 5.97. The average molecular weight is 358 g/mol. The number of carbonyl (C=O) groups is 1. The Bertz CT molecular complexity index is 1020. The van der Waals surface area contributed by atoms with Crippen LogP contribution < -0.4 is 5.32 Å². The highest BCUT2D eigenvalue weighted by molar-refractivity contribution is 6.24. The van der Waals surface area contributed by atoms with Gasteiger partial charge in [-0.1, -0.05) is 48.5 Å². The lowest BCUT2D eigenvalue weighted by Crippen LogP contribution is -2.42. The molecule has 0 aromatic heterocycles. The molecule has 1 amide bonds. The Morgan fingerprint density at radius 3 is 2.52 bits per heavy atom. The first-order chi connectivity index (χ1) is 13.1. The van der Waals surface area contributed by atoms with Gasteiger partial charge in [-0.05, 0) is 41.5 Å². The molecule has 0 saturated carbocycles. The van der Waals surface area contributed by atoms with E-state index in [0.717, 1.165) is 41.7 Å². The van der Waals surface area contributed by atoms with Gasteiger partial charge in [0, 0.05) is 36.3 Å². The molecule has 4 nitrogen and oxygen atoms in total. The normalized spacial score (nSPS) is 18.6. The van der Waals surface area contributed by atoms with Crippen LogP contribution in [0.1, 0.15) is 34.3 Å². The van der Waals surface area contributed by atoms with Gasteiger partial charge in [0.15, 0.2) is 0 Å². The van der Waals surface area contributed by atoms with Gasteiger partial charge in [0.25, 0.3) is 5.91 Å². The molecule has 4 heteroatoms. The number of nitrogens with zero attached hydrogens (tertiary/aromatic N) is 1. The van der Waals surface area contributed by atoms with Crippen LogP contribution in [0.5, 0.6) is 0 Å². The monoisotopic (exact) mass is 358 g/mol. The minimum atomic E-state index is -0.851. The number of benzene rings is 3. The van der Waals surface area contributed by atoms with Crippen molar-refractivity contribution in [2.75, 3.05) is 18.4 Å². The van der Waals surface area contributed by atoms with Gasteiger partial charge < -0.3 is 10.4 Å². The summed E-state index contributed by atoms with van der Waals surface area (Å²) in [5.74, 6) is -0.0579. The van der Waals surface area contributed by atoms with Gasteiger partial charge in [-0.2, -0.15) is 0 Å². The van der Waals surface area contributed by atoms with E-state index < -0.39 is 5.60 Å². The lowest BCUT2D eigenvalue weighted by molar-refractivity contribution is -0.0265. The van der Waals surface area contributed by atoms with Crippen LogP contribution in [0.4, 0.5) is 5.69 Å². The second-order valence-corrected chi connectivity index (χ2v) is 7.64. The zero-order valence-corrected chi connectivity index (χ0v) is 15.1. The van der Waals surface area contributed by atoms with Crippen LogP contribution in [0.3, 0.4) is 0 Å². The van der Waals surface area contributed by atoms with Gasteiger partial charge in [-0.3, -0.25) is 9.69 Å². The van der Waals surface area contributed by atoms with Gasteiger partial charge in [0.05, 0.1) is 5.60 Å². The van der Waals surface area contributed by atoms with Crippen LogP contribution >= 0.6 is 0 Å². The maximum Gasteiger partial charge on any atom is 0.256 e. The van der Waals surface area contributed by atoms with Crippen LogP contribution in [0.25, 0.3) is 10.8 Å². The number of rotatable bonds is 3. The fraction of sp³-hybridized carbons (Fsp3) is 0.261. The van der Waals surface area contributed by atoms with Crippen LogP contribution in [0.15, 0.2) is 60.7 Å². The van der Waals surface area contributed by atoms with E-state index >= 15 is 0 Å². The average Bonchev–Trinajstić information content (AvgIpc) is 3.02. The molecule has 136 valence electrons. The molecule has 2 aliphatic heterocycles. The molecule has 2 N–H and O–H groups in total. The number of likely N-dealkylation sites (tertiary alicyclic amines) is 1. The van der Waals surface area contributed by atoms with Gasteiger partial charge in [-0.15, -0.1) is 0 Å². The Morgan fingerprint density at radius 2 is 1.74 bits per heavy atom. The SMILES string of the molecule is O=C1Nc2cccc3c(C4(O)CCN(Cc5ccccc5)CC4)ccc1c23. The number of amides is 1. The standard InChI is InChI=1S/C23H22N2O2/c26-22-18-9-10-19(17-7-4-8-20(24-22)21(17)18)23(27)11-13-25(14-12-23)15-16-5-2-1-3-6-16/h1-10,27H,11-15H2,(H,24,26). The summed E-state index contributed by atoms with van der Waals surface area (Å²) in [4.78, 5) is 14.5. The summed E-state index contributed by atoms with van der Waals surface area (Å²) in [5, 5.41) is 16.3. The summed E-state index contributed by atoms with van der Waals surface area (Å²) in [6.45, 7) is 2.62. The van der Waals surface area contributed by atoms with Crippen molar-refractivity contribution in [2.45, 2.75) is 25.0 Å². The summed E-state index contributed by atoms with van der Waals surface area (Å²) in [5.41, 5.74) is 2.95. The maximum absolute atomic E-state index is 12.1. The molecule has 0 unspecified atom stereocenters. The molecule has 0 atom stereocenters. The Labute approximate surface area is 158 Å². The predicted molar refractivity (Wildman–Crippen MR) is 107 cm³/mol. The van der Waals surface area contributed by atoms with Gasteiger partial charge in [0.2, 0.25) is 0 Å². The molecule has 0 spiro atoms. The zero-order valence-electron chi connectivity index (χ0n) is 15.1. The highest BCUT2D eigenvalue weighted by Crippen LogP contribution is 2.42. The van der Waals surface area contributed by atoms with Gasteiger partial charge >= 0.3 is 0 Å². The highest BCUT2D eigenvalue weighted by atomic mass is 16.3. The quantitative estimate of drug-likeness (QED) is 0.747. The molecule has 2 aliphatic rings. The van der Waals surface area contributed by atoms with Crippen LogP contribution in [0.2, 0.25) is 0 Å². The fourth-order valence-electron chi connectivity index (χ4n) is 4.49. The van der Waals surface area contributed by atoms with E-state index in [9.17, 15) is 9.90 Å². The molecule has 1 fully saturated rings. The van der Waals surface area contributed by atoms with E-state index in [4.69, 9.17) is 0 Å². The Morgan fingerprint density at radius 1 is 0.963 bits per heavy atom. The predicted octanol–water partition coefficient (Wildman–Crippen LogP) is 3.89. The first kappa shape index (κ1) is 16.5. The van der Waals surface area contributed by atoms with Crippen molar-refractivity contribution in [3.05, 3.63) is 77.4 Å². The van der Waals surface area contributed by atoms with Crippen LogP contribution in [0, 0.1) is 0 Å². The van der Waals surface area contributed by atoms with Gasteiger partial charge in [0.1, 0.15) is 0 Å².